The first-order chi connectivity index (χ1) is 11.5. The van der Waals surface area contributed by atoms with Crippen molar-refractivity contribution in [1.29, 1.82) is 0 Å². The summed E-state index contributed by atoms with van der Waals surface area (Å²) in [6.45, 7) is 4.39. The summed E-state index contributed by atoms with van der Waals surface area (Å²) in [6, 6.07) is 4.61. The first-order valence-electron chi connectivity index (χ1n) is 7.22. The van der Waals surface area contributed by atoms with Gasteiger partial charge < -0.3 is 41.1 Å². The molecule has 0 aliphatic rings. The Hall–Kier alpha value is -2.40. The number of phenols is 2. The third-order valence-corrected chi connectivity index (χ3v) is 2.91. The van der Waals surface area contributed by atoms with Gasteiger partial charge in [-0.25, -0.2) is 9.59 Å². The van der Waals surface area contributed by atoms with E-state index in [-0.39, 0.29) is 11.5 Å². The van der Waals surface area contributed by atoms with E-state index in [2.05, 4.69) is 5.32 Å². The minimum Gasteiger partial charge on any atom is -0.504 e. The van der Waals surface area contributed by atoms with Crippen LogP contribution in [0.2, 0.25) is 0 Å². The standard InChI is InChI=1S/C11H17NO3.C4H6O6/c1-7(2)12-6-11(15)8-3-4-9(13)10(14)5-8;5-1(3(7)8)2(6)4(9)10/h3-5,7,11-15H,6H2,1-2H3;1-2,5-6H,(H,7,8)(H,9,10)/t11-;/m0./s1. The Morgan fingerprint density at radius 3 is 1.80 bits per heavy atom. The van der Waals surface area contributed by atoms with Crippen molar-refractivity contribution >= 4 is 11.9 Å². The van der Waals surface area contributed by atoms with Crippen molar-refractivity contribution < 1.29 is 45.3 Å². The molecule has 10 nitrogen and oxygen atoms in total. The number of nitrogens with one attached hydrogen (secondary N) is 1. The van der Waals surface area contributed by atoms with E-state index in [1.165, 1.54) is 12.1 Å². The van der Waals surface area contributed by atoms with Gasteiger partial charge in [0.25, 0.3) is 0 Å². The van der Waals surface area contributed by atoms with E-state index < -0.39 is 30.3 Å². The largest absolute Gasteiger partial charge is 0.504 e. The van der Waals surface area contributed by atoms with Gasteiger partial charge in [0, 0.05) is 12.6 Å². The highest BCUT2D eigenvalue weighted by Gasteiger charge is 2.29. The lowest BCUT2D eigenvalue weighted by Gasteiger charge is -2.14. The molecule has 0 bridgehead atoms. The van der Waals surface area contributed by atoms with Crippen LogP contribution in [0, 0.1) is 0 Å². The fraction of sp³-hybridized carbons (Fsp3) is 0.467. The first-order valence-corrected chi connectivity index (χ1v) is 7.22. The Bertz CT molecular complexity index is 558. The van der Waals surface area contributed by atoms with Crippen LogP contribution in [0.4, 0.5) is 0 Å². The number of phenolic OH excluding ortho intramolecular Hbond substituents is 2. The molecule has 0 radical (unpaired) electrons. The summed E-state index contributed by atoms with van der Waals surface area (Å²) >= 11 is 0. The Morgan fingerprint density at radius 1 is 0.960 bits per heavy atom. The lowest BCUT2D eigenvalue weighted by Crippen LogP contribution is -2.39. The molecule has 1 aromatic rings. The molecule has 8 N–H and O–H groups in total. The predicted octanol–water partition coefficient (Wildman–Crippen LogP) is -0.993. The van der Waals surface area contributed by atoms with Gasteiger partial charge in [0.1, 0.15) is 0 Å². The maximum Gasteiger partial charge on any atom is 0.335 e. The van der Waals surface area contributed by atoms with Crippen LogP contribution in [0.5, 0.6) is 11.5 Å². The van der Waals surface area contributed by atoms with Crippen molar-refractivity contribution in [3.63, 3.8) is 0 Å². The van der Waals surface area contributed by atoms with Gasteiger partial charge in [-0.15, -0.1) is 0 Å². The molecule has 25 heavy (non-hydrogen) atoms. The average molecular weight is 361 g/mol. The van der Waals surface area contributed by atoms with E-state index in [1.807, 2.05) is 13.8 Å². The van der Waals surface area contributed by atoms with Gasteiger partial charge in [0.05, 0.1) is 6.10 Å². The normalized spacial score (nSPS) is 14.2. The van der Waals surface area contributed by atoms with Crippen molar-refractivity contribution in [3.05, 3.63) is 23.8 Å². The molecule has 0 heterocycles. The topological polar surface area (TPSA) is 188 Å². The number of carboxylic acids is 2. The maximum absolute atomic E-state index is 9.77. The van der Waals surface area contributed by atoms with Crippen molar-refractivity contribution in [3.8, 4) is 11.5 Å². The second-order valence-electron chi connectivity index (χ2n) is 5.39. The van der Waals surface area contributed by atoms with Crippen LogP contribution in [0.25, 0.3) is 0 Å². The van der Waals surface area contributed by atoms with Crippen molar-refractivity contribution in [1.82, 2.24) is 5.32 Å². The Balaban J connectivity index is 0.000000504. The summed E-state index contributed by atoms with van der Waals surface area (Å²) in [5, 5.41) is 63.7. The summed E-state index contributed by atoms with van der Waals surface area (Å²) in [7, 11) is 0. The van der Waals surface area contributed by atoms with Gasteiger partial charge in [0.2, 0.25) is 0 Å². The number of carboxylic acid groups (broad SMARTS) is 2. The molecule has 0 spiro atoms. The zero-order chi connectivity index (χ0) is 19.7. The van der Waals surface area contributed by atoms with E-state index in [9.17, 15) is 19.8 Å². The molecule has 0 saturated heterocycles. The minimum absolute atomic E-state index is 0.178. The molecule has 0 amide bonds. The zero-order valence-corrected chi connectivity index (χ0v) is 13.7. The quantitative estimate of drug-likeness (QED) is 0.280. The van der Waals surface area contributed by atoms with E-state index >= 15 is 0 Å². The molecule has 3 atom stereocenters. The van der Waals surface area contributed by atoms with Crippen LogP contribution in [0.3, 0.4) is 0 Å². The smallest absolute Gasteiger partial charge is 0.335 e. The fourth-order valence-electron chi connectivity index (χ4n) is 1.48. The number of aliphatic carboxylic acids is 2. The van der Waals surface area contributed by atoms with E-state index in [1.54, 1.807) is 6.07 Å². The van der Waals surface area contributed by atoms with Crippen molar-refractivity contribution in [2.45, 2.75) is 38.2 Å². The zero-order valence-electron chi connectivity index (χ0n) is 13.7. The van der Waals surface area contributed by atoms with Gasteiger partial charge in [0.15, 0.2) is 23.7 Å². The number of aromatic hydroxyl groups is 2. The van der Waals surface area contributed by atoms with Gasteiger partial charge in [-0.1, -0.05) is 19.9 Å². The van der Waals surface area contributed by atoms with Gasteiger partial charge in [-0.2, -0.15) is 0 Å². The van der Waals surface area contributed by atoms with Crippen LogP contribution in [-0.2, 0) is 9.59 Å². The Kier molecular flexibility index (Phi) is 9.46. The number of hydrogen-bond donors (Lipinski definition) is 8. The molecular formula is C15H23NO9. The summed E-state index contributed by atoms with van der Waals surface area (Å²) in [5.41, 5.74) is 0.582. The third-order valence-electron chi connectivity index (χ3n) is 2.91. The molecule has 1 rings (SSSR count). The summed E-state index contributed by atoms with van der Waals surface area (Å²) < 4.78 is 0. The molecule has 0 aliphatic heterocycles. The highest BCUT2D eigenvalue weighted by molar-refractivity contribution is 5.83. The highest BCUT2D eigenvalue weighted by atomic mass is 16.4. The lowest BCUT2D eigenvalue weighted by atomic mass is 10.1. The molecule has 2 unspecified atom stereocenters. The molecule has 0 fully saturated rings. The van der Waals surface area contributed by atoms with Crippen LogP contribution >= 0.6 is 0 Å². The average Bonchev–Trinajstić information content (AvgIpc) is 2.53. The van der Waals surface area contributed by atoms with E-state index in [4.69, 9.17) is 25.5 Å². The SMILES string of the molecule is CC(C)NC[C@H](O)c1ccc(O)c(O)c1.O=C(O)C(O)C(O)C(=O)O. The van der Waals surface area contributed by atoms with Crippen LogP contribution in [0.15, 0.2) is 18.2 Å². The van der Waals surface area contributed by atoms with Gasteiger partial charge in [-0.05, 0) is 17.7 Å². The fourth-order valence-corrected chi connectivity index (χ4v) is 1.48. The lowest BCUT2D eigenvalue weighted by molar-refractivity contribution is -0.165. The molecular weight excluding hydrogens is 338 g/mol. The van der Waals surface area contributed by atoms with Gasteiger partial charge in [-0.3, -0.25) is 0 Å². The second kappa shape index (κ2) is 10.5. The minimum atomic E-state index is -2.27. The number of hydrogen-bond acceptors (Lipinski definition) is 8. The molecule has 142 valence electrons. The number of aliphatic hydroxyl groups excluding tert-OH is 3. The molecule has 0 aliphatic carbocycles. The first kappa shape index (κ1) is 22.6. The van der Waals surface area contributed by atoms with Crippen LogP contribution < -0.4 is 5.32 Å². The third kappa shape index (κ3) is 8.31. The van der Waals surface area contributed by atoms with E-state index in [0.717, 1.165) is 0 Å². The number of carbonyl (C=O) groups is 2. The van der Waals surface area contributed by atoms with Crippen molar-refractivity contribution in [2.75, 3.05) is 6.54 Å². The molecule has 1 aromatic carbocycles. The summed E-state index contributed by atoms with van der Waals surface area (Å²) in [5.74, 6) is -3.93. The van der Waals surface area contributed by atoms with Crippen LogP contribution in [-0.4, -0.2) is 72.5 Å². The molecule has 0 aromatic heterocycles. The van der Waals surface area contributed by atoms with Gasteiger partial charge >= 0.3 is 11.9 Å². The second-order valence-corrected chi connectivity index (χ2v) is 5.39. The maximum atomic E-state index is 9.77. The Morgan fingerprint density at radius 2 is 1.44 bits per heavy atom. The molecule has 10 heteroatoms. The number of aliphatic hydroxyl groups is 3. The Labute approximate surface area is 143 Å². The van der Waals surface area contributed by atoms with Crippen molar-refractivity contribution in [2.24, 2.45) is 0 Å². The summed E-state index contributed by atoms with van der Waals surface area (Å²) in [4.78, 5) is 19.5. The van der Waals surface area contributed by atoms with E-state index in [0.29, 0.717) is 18.2 Å². The molecule has 0 saturated carbocycles. The highest BCUT2D eigenvalue weighted by Crippen LogP contribution is 2.27. The number of benzene rings is 1. The predicted molar refractivity (Wildman–Crippen MR) is 85.2 cm³/mol. The monoisotopic (exact) mass is 361 g/mol. The number of rotatable bonds is 7. The van der Waals surface area contributed by atoms with Crippen LogP contribution in [0.1, 0.15) is 25.5 Å². The summed E-state index contributed by atoms with van der Waals surface area (Å²) in [6.07, 6.45) is -5.21.